The van der Waals surface area contributed by atoms with Gasteiger partial charge >= 0.3 is 0 Å². The van der Waals surface area contributed by atoms with Gasteiger partial charge in [0.1, 0.15) is 5.82 Å². The first-order valence-electron chi connectivity index (χ1n) is 8.27. The number of hydrogen-bond acceptors (Lipinski definition) is 3. The molecule has 6 nitrogen and oxygen atoms in total. The van der Waals surface area contributed by atoms with Gasteiger partial charge in [0.2, 0.25) is 17.7 Å². The van der Waals surface area contributed by atoms with Gasteiger partial charge in [0, 0.05) is 37.0 Å². The fraction of sp³-hybridized carbons (Fsp3) is 0.211. The molecule has 3 amide bonds. The van der Waals surface area contributed by atoms with Gasteiger partial charge in [-0.1, -0.05) is 17.7 Å². The van der Waals surface area contributed by atoms with Crippen LogP contribution >= 0.6 is 11.6 Å². The van der Waals surface area contributed by atoms with Crippen LogP contribution < -0.4 is 15.5 Å². The summed E-state index contributed by atoms with van der Waals surface area (Å²) in [6.45, 7) is 1.61. The zero-order valence-corrected chi connectivity index (χ0v) is 15.2. The van der Waals surface area contributed by atoms with Gasteiger partial charge in [0.15, 0.2) is 0 Å². The van der Waals surface area contributed by atoms with E-state index in [2.05, 4.69) is 10.6 Å². The zero-order chi connectivity index (χ0) is 19.6. The Morgan fingerprint density at radius 2 is 1.89 bits per heavy atom. The molecule has 1 saturated heterocycles. The molecule has 2 N–H and O–H groups in total. The fourth-order valence-electron chi connectivity index (χ4n) is 2.91. The van der Waals surface area contributed by atoms with Crippen molar-refractivity contribution in [1.82, 2.24) is 0 Å². The molecule has 0 saturated carbocycles. The second kappa shape index (κ2) is 7.75. The summed E-state index contributed by atoms with van der Waals surface area (Å²) in [5.74, 6) is -1.87. The number of halogens is 2. The number of rotatable bonds is 4. The minimum Gasteiger partial charge on any atom is -0.326 e. The van der Waals surface area contributed by atoms with E-state index in [-0.39, 0.29) is 35.7 Å². The first-order valence-corrected chi connectivity index (χ1v) is 8.65. The normalized spacial score (nSPS) is 16.3. The van der Waals surface area contributed by atoms with Gasteiger partial charge in [-0.05, 0) is 36.4 Å². The van der Waals surface area contributed by atoms with Crippen molar-refractivity contribution in [1.29, 1.82) is 0 Å². The molecule has 1 heterocycles. The van der Waals surface area contributed by atoms with Crippen molar-refractivity contribution in [2.75, 3.05) is 22.1 Å². The third-order valence-corrected chi connectivity index (χ3v) is 4.45. The molecule has 8 heteroatoms. The quantitative estimate of drug-likeness (QED) is 0.840. The number of amides is 3. The molecule has 0 radical (unpaired) electrons. The second-order valence-corrected chi connectivity index (χ2v) is 6.66. The van der Waals surface area contributed by atoms with Gasteiger partial charge in [-0.2, -0.15) is 0 Å². The second-order valence-electron chi connectivity index (χ2n) is 6.26. The van der Waals surface area contributed by atoms with Gasteiger partial charge in [-0.15, -0.1) is 0 Å². The van der Waals surface area contributed by atoms with Crippen molar-refractivity contribution >= 4 is 46.4 Å². The standard InChI is InChI=1S/C19H17ClFN3O3/c1-11(25)22-13-3-2-4-15(8-13)24-10-12(7-18(24)26)19(27)23-14-5-6-17(21)16(20)9-14/h2-6,8-9,12H,7,10H2,1H3,(H,22,25)(H,23,27)/t12-/m0/s1. The van der Waals surface area contributed by atoms with Crippen LogP contribution in [0.5, 0.6) is 0 Å². The van der Waals surface area contributed by atoms with Gasteiger partial charge in [0.05, 0.1) is 10.9 Å². The lowest BCUT2D eigenvalue weighted by Gasteiger charge is -2.18. The molecular formula is C19H17ClFN3O3. The average molecular weight is 390 g/mol. The van der Waals surface area contributed by atoms with E-state index in [0.29, 0.717) is 17.1 Å². The summed E-state index contributed by atoms with van der Waals surface area (Å²) < 4.78 is 13.2. The van der Waals surface area contributed by atoms with E-state index in [1.165, 1.54) is 24.0 Å². The Labute approximate surface area is 160 Å². The molecule has 0 aromatic heterocycles. The van der Waals surface area contributed by atoms with Crippen molar-refractivity contribution in [3.8, 4) is 0 Å². The van der Waals surface area contributed by atoms with Gasteiger partial charge in [-0.25, -0.2) is 4.39 Å². The molecule has 140 valence electrons. The van der Waals surface area contributed by atoms with Crippen LogP contribution in [0.4, 0.5) is 21.5 Å². The Balaban J connectivity index is 1.70. The molecule has 0 unspecified atom stereocenters. The molecular weight excluding hydrogens is 373 g/mol. The minimum absolute atomic E-state index is 0.0606. The summed E-state index contributed by atoms with van der Waals surface area (Å²) in [7, 11) is 0. The van der Waals surface area contributed by atoms with Crippen molar-refractivity contribution in [3.05, 3.63) is 53.3 Å². The van der Waals surface area contributed by atoms with Crippen LogP contribution in [0.2, 0.25) is 5.02 Å². The van der Waals surface area contributed by atoms with Crippen LogP contribution in [-0.4, -0.2) is 24.3 Å². The Hall–Kier alpha value is -2.93. The van der Waals surface area contributed by atoms with Crippen molar-refractivity contribution in [2.24, 2.45) is 5.92 Å². The highest BCUT2D eigenvalue weighted by molar-refractivity contribution is 6.31. The average Bonchev–Trinajstić information content (AvgIpc) is 3.00. The molecule has 1 fully saturated rings. The Morgan fingerprint density at radius 1 is 1.15 bits per heavy atom. The lowest BCUT2D eigenvalue weighted by Crippen LogP contribution is -2.28. The highest BCUT2D eigenvalue weighted by Gasteiger charge is 2.35. The molecule has 0 spiro atoms. The summed E-state index contributed by atoms with van der Waals surface area (Å²) in [6.07, 6.45) is 0.0606. The lowest BCUT2D eigenvalue weighted by atomic mass is 10.1. The summed E-state index contributed by atoms with van der Waals surface area (Å²) >= 11 is 5.72. The molecule has 0 aliphatic carbocycles. The first-order chi connectivity index (χ1) is 12.8. The monoisotopic (exact) mass is 389 g/mol. The number of nitrogens with one attached hydrogen (secondary N) is 2. The fourth-order valence-corrected chi connectivity index (χ4v) is 3.09. The summed E-state index contributed by atoms with van der Waals surface area (Å²) in [5.41, 5.74) is 1.54. The number of anilines is 3. The predicted octanol–water partition coefficient (Wildman–Crippen LogP) is 3.43. The van der Waals surface area contributed by atoms with Gasteiger partial charge in [0.25, 0.3) is 0 Å². The van der Waals surface area contributed by atoms with Crippen LogP contribution in [-0.2, 0) is 14.4 Å². The maximum atomic E-state index is 13.2. The minimum atomic E-state index is -0.573. The van der Waals surface area contributed by atoms with E-state index in [9.17, 15) is 18.8 Å². The Kier molecular flexibility index (Phi) is 5.41. The van der Waals surface area contributed by atoms with Crippen molar-refractivity contribution < 1.29 is 18.8 Å². The largest absolute Gasteiger partial charge is 0.326 e. The Morgan fingerprint density at radius 3 is 2.59 bits per heavy atom. The Bertz CT molecular complexity index is 919. The molecule has 2 aromatic rings. The number of hydrogen-bond donors (Lipinski definition) is 2. The van der Waals surface area contributed by atoms with Gasteiger partial charge in [-0.3, -0.25) is 14.4 Å². The predicted molar refractivity (Wildman–Crippen MR) is 101 cm³/mol. The van der Waals surface area contributed by atoms with E-state index >= 15 is 0 Å². The number of nitrogens with zero attached hydrogens (tertiary/aromatic N) is 1. The van der Waals surface area contributed by atoms with Gasteiger partial charge < -0.3 is 15.5 Å². The molecule has 1 aliphatic rings. The lowest BCUT2D eigenvalue weighted by molar-refractivity contribution is -0.122. The number of benzene rings is 2. The SMILES string of the molecule is CC(=O)Nc1cccc(N2C[C@@H](C(=O)Nc3ccc(F)c(Cl)c3)CC2=O)c1. The zero-order valence-electron chi connectivity index (χ0n) is 14.5. The van der Waals surface area contributed by atoms with E-state index in [0.717, 1.165) is 6.07 Å². The molecule has 1 aliphatic heterocycles. The summed E-state index contributed by atoms with van der Waals surface area (Å²) in [5, 5.41) is 5.23. The van der Waals surface area contributed by atoms with Crippen LogP contribution in [0.1, 0.15) is 13.3 Å². The van der Waals surface area contributed by atoms with Crippen LogP contribution in [0.15, 0.2) is 42.5 Å². The van der Waals surface area contributed by atoms with E-state index in [4.69, 9.17) is 11.6 Å². The van der Waals surface area contributed by atoms with Crippen LogP contribution in [0, 0.1) is 11.7 Å². The van der Waals surface area contributed by atoms with E-state index in [1.807, 2.05) is 0 Å². The van der Waals surface area contributed by atoms with Crippen LogP contribution in [0.25, 0.3) is 0 Å². The summed E-state index contributed by atoms with van der Waals surface area (Å²) in [6, 6.07) is 10.8. The summed E-state index contributed by atoms with van der Waals surface area (Å²) in [4.78, 5) is 37.5. The van der Waals surface area contributed by atoms with E-state index in [1.54, 1.807) is 24.3 Å². The number of carbonyl (C=O) groups is 3. The third-order valence-electron chi connectivity index (χ3n) is 4.16. The highest BCUT2D eigenvalue weighted by Crippen LogP contribution is 2.28. The maximum Gasteiger partial charge on any atom is 0.229 e. The molecule has 0 bridgehead atoms. The maximum absolute atomic E-state index is 13.2. The van der Waals surface area contributed by atoms with E-state index < -0.39 is 11.7 Å². The van der Waals surface area contributed by atoms with Crippen molar-refractivity contribution in [3.63, 3.8) is 0 Å². The molecule has 1 atom stereocenters. The van der Waals surface area contributed by atoms with Crippen LogP contribution in [0.3, 0.4) is 0 Å². The highest BCUT2D eigenvalue weighted by atomic mass is 35.5. The van der Waals surface area contributed by atoms with Crippen molar-refractivity contribution in [2.45, 2.75) is 13.3 Å². The first kappa shape index (κ1) is 18.8. The topological polar surface area (TPSA) is 78.5 Å². The third kappa shape index (κ3) is 4.43. The molecule has 3 rings (SSSR count). The molecule has 2 aromatic carbocycles. The number of carbonyl (C=O) groups excluding carboxylic acids is 3. The smallest absolute Gasteiger partial charge is 0.229 e. The molecule has 27 heavy (non-hydrogen) atoms.